The smallest absolute Gasteiger partial charge is 0.264 e. The summed E-state index contributed by atoms with van der Waals surface area (Å²) >= 11 is 7.07. The van der Waals surface area contributed by atoms with Crippen molar-refractivity contribution in [3.05, 3.63) is 80.8 Å². The van der Waals surface area contributed by atoms with Gasteiger partial charge in [-0.05, 0) is 36.8 Å². The van der Waals surface area contributed by atoms with Crippen molar-refractivity contribution in [3.63, 3.8) is 0 Å². The highest BCUT2D eigenvalue weighted by atomic mass is 35.5. The van der Waals surface area contributed by atoms with Gasteiger partial charge in [-0.15, -0.1) is 11.3 Å². The number of rotatable bonds is 7. The lowest BCUT2D eigenvalue weighted by atomic mass is 10.1. The molecular formula is C20H18ClN3O3S. The molecule has 3 aromatic rings. The molecule has 0 saturated heterocycles. The van der Waals surface area contributed by atoms with E-state index in [-0.39, 0.29) is 6.61 Å². The molecule has 3 rings (SSSR count). The second-order valence-electron chi connectivity index (χ2n) is 5.98. The maximum atomic E-state index is 12.7. The summed E-state index contributed by atoms with van der Waals surface area (Å²) in [5.74, 6) is -0.380. The molecule has 0 aliphatic rings. The van der Waals surface area contributed by atoms with Crippen LogP contribution in [-0.4, -0.2) is 16.8 Å². The molecule has 0 saturated carbocycles. The van der Waals surface area contributed by atoms with Gasteiger partial charge in [0.05, 0.1) is 5.69 Å². The number of hydrogen-bond donors (Lipinski definition) is 2. The third kappa shape index (κ3) is 4.88. The van der Waals surface area contributed by atoms with Gasteiger partial charge in [-0.2, -0.15) is 0 Å². The molecule has 0 aliphatic heterocycles. The number of carbonyl (C=O) groups is 2. The Kier molecular flexibility index (Phi) is 6.28. The fourth-order valence-corrected chi connectivity index (χ4v) is 3.57. The number of aromatic nitrogens is 1. The standard InChI is InChI=1S/C20H18ClN3O3S/c1-12-18(20(26)24-17(19(22)25)13-5-3-2-4-6-13)28-16(23-12)11-27-15-9-7-14(21)8-10-15/h2-10,17H,11H2,1H3,(H2,22,25)(H,24,26). The predicted molar refractivity (Wildman–Crippen MR) is 108 cm³/mol. The summed E-state index contributed by atoms with van der Waals surface area (Å²) in [6.45, 7) is 1.96. The van der Waals surface area contributed by atoms with Crippen LogP contribution in [0.1, 0.15) is 32.0 Å². The van der Waals surface area contributed by atoms with E-state index in [0.717, 1.165) is 0 Å². The number of nitrogens with two attached hydrogens (primary N) is 1. The summed E-state index contributed by atoms with van der Waals surface area (Å²) in [6, 6.07) is 14.9. The quantitative estimate of drug-likeness (QED) is 0.615. The van der Waals surface area contributed by atoms with Gasteiger partial charge < -0.3 is 15.8 Å². The van der Waals surface area contributed by atoms with Crippen LogP contribution in [0, 0.1) is 6.92 Å². The van der Waals surface area contributed by atoms with Crippen molar-refractivity contribution < 1.29 is 14.3 Å². The Labute approximate surface area is 171 Å². The first-order chi connectivity index (χ1) is 13.4. The van der Waals surface area contributed by atoms with Crippen LogP contribution in [-0.2, 0) is 11.4 Å². The van der Waals surface area contributed by atoms with Crippen LogP contribution in [0.5, 0.6) is 5.75 Å². The number of amides is 2. The highest BCUT2D eigenvalue weighted by molar-refractivity contribution is 7.13. The molecular weight excluding hydrogens is 398 g/mol. The molecule has 8 heteroatoms. The van der Waals surface area contributed by atoms with Crippen LogP contribution in [0.2, 0.25) is 5.02 Å². The van der Waals surface area contributed by atoms with E-state index in [4.69, 9.17) is 22.1 Å². The summed E-state index contributed by atoms with van der Waals surface area (Å²) in [5, 5.41) is 3.95. The lowest BCUT2D eigenvalue weighted by Crippen LogP contribution is -2.37. The van der Waals surface area contributed by atoms with Crippen LogP contribution in [0.25, 0.3) is 0 Å². The molecule has 0 spiro atoms. The normalized spacial score (nSPS) is 11.6. The van der Waals surface area contributed by atoms with Crippen molar-refractivity contribution in [1.82, 2.24) is 10.3 Å². The van der Waals surface area contributed by atoms with Crippen molar-refractivity contribution in [2.24, 2.45) is 5.73 Å². The summed E-state index contributed by atoms with van der Waals surface area (Å²) in [5.41, 5.74) is 6.65. The Balaban J connectivity index is 1.70. The molecule has 2 amide bonds. The fourth-order valence-electron chi connectivity index (χ4n) is 2.56. The van der Waals surface area contributed by atoms with E-state index < -0.39 is 17.9 Å². The number of thiazole rings is 1. The van der Waals surface area contributed by atoms with Gasteiger partial charge in [0.1, 0.15) is 28.3 Å². The number of primary amides is 1. The Bertz CT molecular complexity index is 974. The maximum absolute atomic E-state index is 12.7. The summed E-state index contributed by atoms with van der Waals surface area (Å²) in [6.07, 6.45) is 0. The minimum Gasteiger partial charge on any atom is -0.486 e. The summed E-state index contributed by atoms with van der Waals surface area (Å²) < 4.78 is 5.67. The molecule has 1 atom stereocenters. The minimum atomic E-state index is -0.913. The summed E-state index contributed by atoms with van der Waals surface area (Å²) in [7, 11) is 0. The van der Waals surface area contributed by atoms with E-state index in [1.165, 1.54) is 11.3 Å². The Morgan fingerprint density at radius 2 is 1.86 bits per heavy atom. The van der Waals surface area contributed by atoms with Crippen LogP contribution in [0.4, 0.5) is 0 Å². The monoisotopic (exact) mass is 415 g/mol. The van der Waals surface area contributed by atoms with Crippen LogP contribution in [0.3, 0.4) is 0 Å². The van der Waals surface area contributed by atoms with Gasteiger partial charge in [-0.1, -0.05) is 41.9 Å². The van der Waals surface area contributed by atoms with Gasteiger partial charge >= 0.3 is 0 Å². The average Bonchev–Trinajstić information content (AvgIpc) is 3.06. The topological polar surface area (TPSA) is 94.3 Å². The van der Waals surface area contributed by atoms with E-state index in [0.29, 0.717) is 31.9 Å². The molecule has 1 heterocycles. The second-order valence-corrected chi connectivity index (χ2v) is 7.50. The molecule has 28 heavy (non-hydrogen) atoms. The van der Waals surface area contributed by atoms with E-state index in [1.807, 2.05) is 6.07 Å². The Hall–Kier alpha value is -2.90. The highest BCUT2D eigenvalue weighted by Gasteiger charge is 2.23. The number of ether oxygens (including phenoxy) is 1. The van der Waals surface area contributed by atoms with Crippen molar-refractivity contribution >= 4 is 34.8 Å². The lowest BCUT2D eigenvalue weighted by Gasteiger charge is -2.15. The third-order valence-corrected chi connectivity index (χ3v) is 5.30. The third-order valence-electron chi connectivity index (χ3n) is 3.92. The first kappa shape index (κ1) is 19.9. The van der Waals surface area contributed by atoms with Gasteiger partial charge in [-0.3, -0.25) is 9.59 Å². The molecule has 6 nitrogen and oxygen atoms in total. The number of hydrogen-bond acceptors (Lipinski definition) is 5. The Morgan fingerprint density at radius 1 is 1.18 bits per heavy atom. The summed E-state index contributed by atoms with van der Waals surface area (Å²) in [4.78, 5) is 29.3. The van der Waals surface area contributed by atoms with Crippen molar-refractivity contribution in [2.75, 3.05) is 0 Å². The maximum Gasteiger partial charge on any atom is 0.264 e. The molecule has 1 unspecified atom stereocenters. The van der Waals surface area contributed by atoms with Crippen molar-refractivity contribution in [1.29, 1.82) is 0 Å². The number of benzene rings is 2. The van der Waals surface area contributed by atoms with Gasteiger partial charge in [0, 0.05) is 5.02 Å². The van der Waals surface area contributed by atoms with Gasteiger partial charge in [0.15, 0.2) is 0 Å². The van der Waals surface area contributed by atoms with Gasteiger partial charge in [0.2, 0.25) is 5.91 Å². The number of halogens is 1. The molecule has 0 radical (unpaired) electrons. The van der Waals surface area contributed by atoms with Crippen LogP contribution < -0.4 is 15.8 Å². The number of aryl methyl sites for hydroxylation is 1. The molecule has 0 bridgehead atoms. The predicted octanol–water partition coefficient (Wildman–Crippen LogP) is 3.64. The van der Waals surface area contributed by atoms with Gasteiger partial charge in [0.25, 0.3) is 5.91 Å². The van der Waals surface area contributed by atoms with E-state index >= 15 is 0 Å². The fraction of sp³-hybridized carbons (Fsp3) is 0.150. The van der Waals surface area contributed by atoms with Crippen LogP contribution in [0.15, 0.2) is 54.6 Å². The van der Waals surface area contributed by atoms with E-state index in [9.17, 15) is 9.59 Å². The molecule has 1 aromatic heterocycles. The number of nitrogens with zero attached hydrogens (tertiary/aromatic N) is 1. The molecule has 0 aliphatic carbocycles. The Morgan fingerprint density at radius 3 is 2.50 bits per heavy atom. The average molecular weight is 416 g/mol. The molecule has 3 N–H and O–H groups in total. The minimum absolute atomic E-state index is 0.221. The molecule has 144 valence electrons. The zero-order chi connectivity index (χ0) is 20.1. The first-order valence-electron chi connectivity index (χ1n) is 8.44. The van der Waals surface area contributed by atoms with Gasteiger partial charge in [-0.25, -0.2) is 4.98 Å². The SMILES string of the molecule is Cc1nc(COc2ccc(Cl)cc2)sc1C(=O)NC(C(N)=O)c1ccccc1. The first-order valence-corrected chi connectivity index (χ1v) is 9.63. The van der Waals surface area contributed by atoms with E-state index in [2.05, 4.69) is 10.3 Å². The molecule has 0 fully saturated rings. The van der Waals surface area contributed by atoms with Crippen LogP contribution >= 0.6 is 22.9 Å². The largest absolute Gasteiger partial charge is 0.486 e. The zero-order valence-corrected chi connectivity index (χ0v) is 16.6. The second kappa shape index (κ2) is 8.86. The van der Waals surface area contributed by atoms with E-state index in [1.54, 1.807) is 55.5 Å². The van der Waals surface area contributed by atoms with Crippen molar-refractivity contribution in [3.8, 4) is 5.75 Å². The number of carbonyl (C=O) groups excluding carboxylic acids is 2. The zero-order valence-electron chi connectivity index (χ0n) is 15.0. The highest BCUT2D eigenvalue weighted by Crippen LogP contribution is 2.22. The number of nitrogens with one attached hydrogen (secondary N) is 1. The van der Waals surface area contributed by atoms with Crippen molar-refractivity contribution in [2.45, 2.75) is 19.6 Å². The molecule has 2 aromatic carbocycles. The lowest BCUT2D eigenvalue weighted by molar-refractivity contribution is -0.120.